The van der Waals surface area contributed by atoms with Gasteiger partial charge in [-0.1, -0.05) is 0 Å². The van der Waals surface area contributed by atoms with Crippen LogP contribution in [0.1, 0.15) is 11.8 Å². The first kappa shape index (κ1) is 11.3. The summed E-state index contributed by atoms with van der Waals surface area (Å²) in [6.07, 6.45) is 1.03. The van der Waals surface area contributed by atoms with Crippen molar-refractivity contribution in [1.29, 1.82) is 0 Å². The Hall–Kier alpha value is -1.17. The van der Waals surface area contributed by atoms with Crippen LogP contribution in [0.4, 0.5) is 5.69 Å². The summed E-state index contributed by atoms with van der Waals surface area (Å²) in [6.45, 7) is 3.44. The van der Waals surface area contributed by atoms with E-state index in [-0.39, 0.29) is 6.54 Å². The molecule has 0 radical (unpaired) electrons. The molecule has 0 aromatic carbocycles. The lowest BCUT2D eigenvalue weighted by atomic mass is 10.2. The Morgan fingerprint density at radius 1 is 1.50 bits per heavy atom. The van der Waals surface area contributed by atoms with Crippen LogP contribution in [0.5, 0.6) is 0 Å². The highest BCUT2D eigenvalue weighted by molar-refractivity contribution is 5.47. The number of aliphatic hydroxyl groups is 1. The molecule has 2 heterocycles. The van der Waals surface area contributed by atoms with E-state index in [0.29, 0.717) is 5.69 Å². The Labute approximate surface area is 94.8 Å². The van der Waals surface area contributed by atoms with Crippen LogP contribution in [0, 0.1) is 0 Å². The maximum Gasteiger partial charge on any atom is 0.108 e. The summed E-state index contributed by atoms with van der Waals surface area (Å²) in [4.78, 5) is 6.34. The Balaban J connectivity index is 2.14. The second-order valence-corrected chi connectivity index (χ2v) is 3.79. The van der Waals surface area contributed by atoms with Gasteiger partial charge in [-0.15, -0.1) is 0 Å². The Morgan fingerprint density at radius 3 is 2.94 bits per heavy atom. The molecule has 1 fully saturated rings. The monoisotopic (exact) mass is 223 g/mol. The number of aliphatic hydroxyl groups excluding tert-OH is 1. The van der Waals surface area contributed by atoms with Crippen molar-refractivity contribution < 1.29 is 9.84 Å². The minimum atomic E-state index is -0.680. The highest BCUT2D eigenvalue weighted by Crippen LogP contribution is 2.19. The molecule has 3 N–H and O–H groups in total. The summed E-state index contributed by atoms with van der Waals surface area (Å²) in [5.41, 5.74) is 7.11. The summed E-state index contributed by atoms with van der Waals surface area (Å²) in [6, 6.07) is 3.83. The van der Waals surface area contributed by atoms with Crippen LogP contribution in [0.15, 0.2) is 18.3 Å². The normalized spacial score (nSPS) is 18.5. The number of hydrogen-bond donors (Lipinski definition) is 2. The zero-order valence-corrected chi connectivity index (χ0v) is 9.17. The van der Waals surface area contributed by atoms with Crippen LogP contribution in [-0.2, 0) is 4.74 Å². The smallest absolute Gasteiger partial charge is 0.108 e. The molecule has 2 rings (SSSR count). The highest BCUT2D eigenvalue weighted by Gasteiger charge is 2.13. The number of rotatable bonds is 3. The van der Waals surface area contributed by atoms with Gasteiger partial charge in [-0.2, -0.15) is 0 Å². The molecule has 1 aliphatic rings. The molecule has 0 bridgehead atoms. The van der Waals surface area contributed by atoms with E-state index < -0.39 is 6.10 Å². The number of pyridine rings is 1. The van der Waals surface area contributed by atoms with E-state index in [4.69, 9.17) is 10.5 Å². The van der Waals surface area contributed by atoms with E-state index in [9.17, 15) is 5.11 Å². The third kappa shape index (κ3) is 2.49. The van der Waals surface area contributed by atoms with Crippen LogP contribution in [0.25, 0.3) is 0 Å². The SMILES string of the molecule is NCC(O)c1cc(N2CCOCC2)ccn1. The number of anilines is 1. The van der Waals surface area contributed by atoms with Crippen molar-refractivity contribution in [2.75, 3.05) is 37.7 Å². The average Bonchev–Trinajstić information content (AvgIpc) is 2.39. The lowest BCUT2D eigenvalue weighted by Crippen LogP contribution is -2.36. The van der Waals surface area contributed by atoms with E-state index in [1.807, 2.05) is 12.1 Å². The Morgan fingerprint density at radius 2 is 2.25 bits per heavy atom. The maximum absolute atomic E-state index is 9.62. The molecule has 0 aliphatic carbocycles. The predicted octanol–water partition coefficient (Wildman–Crippen LogP) is -0.0897. The molecule has 0 saturated carbocycles. The van der Waals surface area contributed by atoms with E-state index in [0.717, 1.165) is 32.0 Å². The minimum Gasteiger partial charge on any atom is -0.385 e. The van der Waals surface area contributed by atoms with E-state index in [1.54, 1.807) is 6.20 Å². The van der Waals surface area contributed by atoms with Gasteiger partial charge < -0.3 is 20.5 Å². The molecule has 1 aromatic heterocycles. The first-order chi connectivity index (χ1) is 7.81. The summed E-state index contributed by atoms with van der Waals surface area (Å²) >= 11 is 0. The van der Waals surface area contributed by atoms with Gasteiger partial charge in [0.05, 0.1) is 18.9 Å². The van der Waals surface area contributed by atoms with Crippen molar-refractivity contribution in [3.8, 4) is 0 Å². The van der Waals surface area contributed by atoms with Gasteiger partial charge in [0.2, 0.25) is 0 Å². The fraction of sp³-hybridized carbons (Fsp3) is 0.545. The molecule has 1 aliphatic heterocycles. The molecular formula is C11H17N3O2. The van der Waals surface area contributed by atoms with Gasteiger partial charge in [0.15, 0.2) is 0 Å². The predicted molar refractivity (Wildman–Crippen MR) is 61.3 cm³/mol. The van der Waals surface area contributed by atoms with Crippen LogP contribution < -0.4 is 10.6 Å². The molecule has 1 saturated heterocycles. The van der Waals surface area contributed by atoms with Crippen molar-refractivity contribution in [3.05, 3.63) is 24.0 Å². The third-order valence-corrected chi connectivity index (χ3v) is 2.71. The highest BCUT2D eigenvalue weighted by atomic mass is 16.5. The van der Waals surface area contributed by atoms with Crippen LogP contribution in [0.3, 0.4) is 0 Å². The zero-order valence-electron chi connectivity index (χ0n) is 9.17. The van der Waals surface area contributed by atoms with Crippen molar-refractivity contribution in [3.63, 3.8) is 0 Å². The largest absolute Gasteiger partial charge is 0.385 e. The summed E-state index contributed by atoms with van der Waals surface area (Å²) < 4.78 is 5.29. The van der Waals surface area contributed by atoms with Crippen molar-refractivity contribution in [1.82, 2.24) is 4.98 Å². The molecule has 1 unspecified atom stereocenters. The van der Waals surface area contributed by atoms with E-state index in [2.05, 4.69) is 9.88 Å². The summed E-state index contributed by atoms with van der Waals surface area (Å²) in [5, 5.41) is 9.62. The lowest BCUT2D eigenvalue weighted by Gasteiger charge is -2.29. The first-order valence-electron chi connectivity index (χ1n) is 5.48. The number of morpholine rings is 1. The fourth-order valence-electron chi connectivity index (χ4n) is 1.76. The van der Waals surface area contributed by atoms with Gasteiger partial charge in [-0.3, -0.25) is 4.98 Å². The standard InChI is InChI=1S/C11H17N3O2/c12-8-11(15)10-7-9(1-2-13-10)14-3-5-16-6-4-14/h1-2,7,11,15H,3-6,8,12H2. The van der Waals surface area contributed by atoms with Crippen LogP contribution >= 0.6 is 0 Å². The molecule has 5 nitrogen and oxygen atoms in total. The van der Waals surface area contributed by atoms with Crippen molar-refractivity contribution >= 4 is 5.69 Å². The van der Waals surface area contributed by atoms with Gasteiger partial charge in [-0.25, -0.2) is 0 Å². The molecule has 0 amide bonds. The second-order valence-electron chi connectivity index (χ2n) is 3.79. The summed E-state index contributed by atoms with van der Waals surface area (Å²) in [5.74, 6) is 0. The second kappa shape index (κ2) is 5.25. The zero-order chi connectivity index (χ0) is 11.4. The molecular weight excluding hydrogens is 206 g/mol. The number of hydrogen-bond acceptors (Lipinski definition) is 5. The number of nitrogens with zero attached hydrogens (tertiary/aromatic N) is 2. The molecule has 88 valence electrons. The molecule has 5 heteroatoms. The average molecular weight is 223 g/mol. The number of ether oxygens (including phenoxy) is 1. The lowest BCUT2D eigenvalue weighted by molar-refractivity contribution is 0.122. The van der Waals surface area contributed by atoms with Crippen molar-refractivity contribution in [2.24, 2.45) is 5.73 Å². The third-order valence-electron chi connectivity index (χ3n) is 2.71. The number of aromatic nitrogens is 1. The maximum atomic E-state index is 9.62. The number of nitrogens with two attached hydrogens (primary N) is 1. The topological polar surface area (TPSA) is 71.6 Å². The quantitative estimate of drug-likeness (QED) is 0.749. The molecule has 16 heavy (non-hydrogen) atoms. The van der Waals surface area contributed by atoms with Gasteiger partial charge in [0.25, 0.3) is 0 Å². The van der Waals surface area contributed by atoms with Gasteiger partial charge in [-0.05, 0) is 12.1 Å². The van der Waals surface area contributed by atoms with Crippen molar-refractivity contribution in [2.45, 2.75) is 6.10 Å². The summed E-state index contributed by atoms with van der Waals surface area (Å²) in [7, 11) is 0. The molecule has 0 spiro atoms. The van der Waals surface area contributed by atoms with Crippen LogP contribution in [0.2, 0.25) is 0 Å². The van der Waals surface area contributed by atoms with Crippen LogP contribution in [-0.4, -0.2) is 42.9 Å². The Bertz CT molecular complexity index is 340. The molecule has 1 atom stereocenters. The molecule has 1 aromatic rings. The Kier molecular flexibility index (Phi) is 3.71. The fourth-order valence-corrected chi connectivity index (χ4v) is 1.76. The van der Waals surface area contributed by atoms with E-state index >= 15 is 0 Å². The first-order valence-corrected chi connectivity index (χ1v) is 5.48. The van der Waals surface area contributed by atoms with Gasteiger partial charge >= 0.3 is 0 Å². The minimum absolute atomic E-state index is 0.194. The van der Waals surface area contributed by atoms with E-state index in [1.165, 1.54) is 0 Å². The van der Waals surface area contributed by atoms with Gasteiger partial charge in [0, 0.05) is 31.5 Å². The van der Waals surface area contributed by atoms with Gasteiger partial charge in [0.1, 0.15) is 6.10 Å².